The Morgan fingerprint density at radius 3 is 2.83 bits per heavy atom. The van der Waals surface area contributed by atoms with Crippen LogP contribution in [0.4, 0.5) is 5.69 Å². The molecule has 1 aromatic rings. The van der Waals surface area contributed by atoms with Crippen molar-refractivity contribution >= 4 is 44.7 Å². The minimum absolute atomic E-state index is 0.125. The second-order valence-electron chi connectivity index (χ2n) is 4.77. The van der Waals surface area contributed by atoms with Crippen LogP contribution in [0.1, 0.15) is 19.8 Å². The lowest BCUT2D eigenvalue weighted by Crippen LogP contribution is -2.53. The molecule has 1 aromatic heterocycles. The Morgan fingerprint density at radius 2 is 2.33 bits per heavy atom. The highest BCUT2D eigenvalue weighted by molar-refractivity contribution is 9.10. The summed E-state index contributed by atoms with van der Waals surface area (Å²) in [5, 5.41) is 2.86. The van der Waals surface area contributed by atoms with E-state index in [0.29, 0.717) is 11.6 Å². The van der Waals surface area contributed by atoms with Crippen molar-refractivity contribution in [3.05, 3.63) is 22.9 Å². The predicted molar refractivity (Wildman–Crippen MR) is 78.2 cm³/mol. The van der Waals surface area contributed by atoms with Gasteiger partial charge in [0.25, 0.3) is 0 Å². The number of nitrogens with zero attached hydrogens (tertiary/aromatic N) is 1. The summed E-state index contributed by atoms with van der Waals surface area (Å²) < 4.78 is 0.740. The SMILES string of the molecule is CC1CC(C(=O)Nc2ccncc2Br)(C(N)=S)C1. The van der Waals surface area contributed by atoms with Gasteiger partial charge in [0.15, 0.2) is 0 Å². The smallest absolute Gasteiger partial charge is 0.237 e. The number of hydrogen-bond acceptors (Lipinski definition) is 3. The first-order valence-electron chi connectivity index (χ1n) is 5.66. The van der Waals surface area contributed by atoms with Crippen LogP contribution in [-0.2, 0) is 4.79 Å². The molecule has 3 N–H and O–H groups in total. The summed E-state index contributed by atoms with van der Waals surface area (Å²) in [6.45, 7) is 2.09. The third kappa shape index (κ3) is 2.27. The summed E-state index contributed by atoms with van der Waals surface area (Å²) in [5.74, 6) is 0.359. The zero-order valence-electron chi connectivity index (χ0n) is 9.94. The molecule has 1 amide bonds. The van der Waals surface area contributed by atoms with E-state index in [4.69, 9.17) is 18.0 Å². The summed E-state index contributed by atoms with van der Waals surface area (Å²) in [7, 11) is 0. The number of pyridine rings is 1. The van der Waals surface area contributed by atoms with Crippen LogP contribution in [0.2, 0.25) is 0 Å². The monoisotopic (exact) mass is 327 g/mol. The van der Waals surface area contributed by atoms with Crippen LogP contribution in [0.3, 0.4) is 0 Å². The lowest BCUT2D eigenvalue weighted by atomic mass is 9.62. The second-order valence-corrected chi connectivity index (χ2v) is 6.06. The van der Waals surface area contributed by atoms with Crippen molar-refractivity contribution in [2.24, 2.45) is 17.1 Å². The number of aromatic nitrogens is 1. The molecule has 1 aliphatic carbocycles. The van der Waals surface area contributed by atoms with Crippen molar-refractivity contribution in [3.63, 3.8) is 0 Å². The number of amides is 1. The number of nitrogens with one attached hydrogen (secondary N) is 1. The standard InChI is InChI=1S/C12H14BrN3OS/c1-7-4-12(5-7,10(14)18)11(17)16-9-2-3-15-6-8(9)13/h2-3,6-7H,4-5H2,1H3,(H2,14,18)(H,15,16,17). The van der Waals surface area contributed by atoms with Gasteiger partial charge >= 0.3 is 0 Å². The summed E-state index contributed by atoms with van der Waals surface area (Å²) in [6, 6.07) is 1.73. The molecule has 1 heterocycles. The molecule has 0 bridgehead atoms. The quantitative estimate of drug-likeness (QED) is 0.837. The number of halogens is 1. The van der Waals surface area contributed by atoms with E-state index in [1.807, 2.05) is 0 Å². The van der Waals surface area contributed by atoms with Gasteiger partial charge in [-0.2, -0.15) is 0 Å². The van der Waals surface area contributed by atoms with E-state index in [0.717, 1.165) is 17.3 Å². The lowest BCUT2D eigenvalue weighted by Gasteiger charge is -2.44. The van der Waals surface area contributed by atoms with Crippen LogP contribution in [0, 0.1) is 11.3 Å². The maximum absolute atomic E-state index is 12.3. The topological polar surface area (TPSA) is 68.0 Å². The zero-order chi connectivity index (χ0) is 13.3. The molecule has 0 aromatic carbocycles. The van der Waals surface area contributed by atoms with Gasteiger partial charge in [-0.1, -0.05) is 19.1 Å². The van der Waals surface area contributed by atoms with Gasteiger partial charge in [0, 0.05) is 12.4 Å². The minimum atomic E-state index is -0.683. The lowest BCUT2D eigenvalue weighted by molar-refractivity contribution is -0.127. The first kappa shape index (κ1) is 13.4. The largest absolute Gasteiger partial charge is 0.392 e. The number of carbonyl (C=O) groups excluding carboxylic acids is 1. The fourth-order valence-corrected chi connectivity index (χ4v) is 2.96. The molecule has 2 rings (SSSR count). The Balaban J connectivity index is 2.17. The molecule has 0 spiro atoms. The minimum Gasteiger partial charge on any atom is -0.392 e. The van der Waals surface area contributed by atoms with E-state index in [-0.39, 0.29) is 10.9 Å². The van der Waals surface area contributed by atoms with E-state index >= 15 is 0 Å². The van der Waals surface area contributed by atoms with Gasteiger partial charge in [0.05, 0.1) is 20.6 Å². The molecule has 6 heteroatoms. The molecule has 18 heavy (non-hydrogen) atoms. The number of thiocarbonyl (C=S) groups is 1. The molecular weight excluding hydrogens is 314 g/mol. The molecule has 0 radical (unpaired) electrons. The van der Waals surface area contributed by atoms with Crippen LogP contribution in [0.15, 0.2) is 22.9 Å². The average Bonchev–Trinajstić information content (AvgIpc) is 2.27. The van der Waals surface area contributed by atoms with Crippen molar-refractivity contribution in [1.29, 1.82) is 0 Å². The Kier molecular flexibility index (Phi) is 3.68. The predicted octanol–water partition coefficient (Wildman–Crippen LogP) is 2.49. The van der Waals surface area contributed by atoms with Gasteiger partial charge in [0.1, 0.15) is 0 Å². The van der Waals surface area contributed by atoms with Crippen LogP contribution in [-0.4, -0.2) is 15.9 Å². The maximum Gasteiger partial charge on any atom is 0.237 e. The molecule has 0 saturated heterocycles. The van der Waals surface area contributed by atoms with Crippen molar-refractivity contribution in [3.8, 4) is 0 Å². The van der Waals surface area contributed by atoms with Crippen LogP contribution >= 0.6 is 28.1 Å². The van der Waals surface area contributed by atoms with Gasteiger partial charge < -0.3 is 11.1 Å². The molecule has 4 nitrogen and oxygen atoms in total. The summed E-state index contributed by atoms with van der Waals surface area (Å²) in [4.78, 5) is 16.6. The van der Waals surface area contributed by atoms with Gasteiger partial charge in [-0.15, -0.1) is 0 Å². The number of hydrogen-bond donors (Lipinski definition) is 2. The van der Waals surface area contributed by atoms with E-state index in [1.165, 1.54) is 0 Å². The highest BCUT2D eigenvalue weighted by Gasteiger charge is 2.50. The van der Waals surface area contributed by atoms with Crippen LogP contribution in [0.25, 0.3) is 0 Å². The summed E-state index contributed by atoms with van der Waals surface area (Å²) in [6.07, 6.45) is 4.69. The first-order valence-corrected chi connectivity index (χ1v) is 6.87. The third-order valence-corrected chi connectivity index (χ3v) is 4.34. The fraction of sp³-hybridized carbons (Fsp3) is 0.417. The molecular formula is C12H14BrN3OS. The van der Waals surface area contributed by atoms with Crippen molar-refractivity contribution in [2.45, 2.75) is 19.8 Å². The zero-order valence-corrected chi connectivity index (χ0v) is 12.3. The Bertz CT molecular complexity index is 500. The molecule has 1 saturated carbocycles. The Labute approximate surface area is 119 Å². The van der Waals surface area contributed by atoms with E-state index in [9.17, 15) is 4.79 Å². The van der Waals surface area contributed by atoms with E-state index in [1.54, 1.807) is 18.5 Å². The highest BCUT2D eigenvalue weighted by Crippen LogP contribution is 2.46. The van der Waals surface area contributed by atoms with E-state index < -0.39 is 5.41 Å². The first-order chi connectivity index (χ1) is 8.45. The number of carbonyl (C=O) groups is 1. The molecule has 0 aliphatic heterocycles. The second kappa shape index (κ2) is 4.93. The number of nitrogens with two attached hydrogens (primary N) is 1. The van der Waals surface area contributed by atoms with Gasteiger partial charge in [0.2, 0.25) is 5.91 Å². The summed E-state index contributed by atoms with van der Waals surface area (Å²) >= 11 is 8.39. The van der Waals surface area contributed by atoms with Gasteiger partial charge in [-0.25, -0.2) is 0 Å². The van der Waals surface area contributed by atoms with Crippen molar-refractivity contribution < 1.29 is 4.79 Å². The molecule has 96 valence electrons. The third-order valence-electron chi connectivity index (χ3n) is 3.32. The van der Waals surface area contributed by atoms with E-state index in [2.05, 4.69) is 33.2 Å². The van der Waals surface area contributed by atoms with Crippen LogP contribution in [0.5, 0.6) is 0 Å². The molecule has 1 aliphatic rings. The molecule has 1 fully saturated rings. The van der Waals surface area contributed by atoms with Crippen LogP contribution < -0.4 is 11.1 Å². The summed E-state index contributed by atoms with van der Waals surface area (Å²) in [5.41, 5.74) is 5.74. The van der Waals surface area contributed by atoms with Gasteiger partial charge in [-0.3, -0.25) is 9.78 Å². The molecule has 0 unspecified atom stereocenters. The highest BCUT2D eigenvalue weighted by atomic mass is 79.9. The number of rotatable bonds is 3. The fourth-order valence-electron chi connectivity index (χ4n) is 2.35. The van der Waals surface area contributed by atoms with Crippen molar-refractivity contribution in [2.75, 3.05) is 5.32 Å². The Hall–Kier alpha value is -1.01. The average molecular weight is 328 g/mol. The molecule has 0 atom stereocenters. The maximum atomic E-state index is 12.3. The van der Waals surface area contributed by atoms with Gasteiger partial charge in [-0.05, 0) is 40.8 Å². The number of anilines is 1. The van der Waals surface area contributed by atoms with Crippen molar-refractivity contribution in [1.82, 2.24) is 4.98 Å². The normalized spacial score (nSPS) is 26.2. The Morgan fingerprint density at radius 1 is 1.67 bits per heavy atom.